The van der Waals surface area contributed by atoms with Gasteiger partial charge in [-0.1, -0.05) is 41.1 Å². The molecule has 0 saturated heterocycles. The fourth-order valence-corrected chi connectivity index (χ4v) is 2.43. The molecule has 1 rings (SSSR count). The molecule has 1 nitrogen and oxygen atoms in total. The number of aliphatic hydroxyl groups is 1. The first-order chi connectivity index (χ1) is 7.85. The Bertz CT molecular complexity index is 365. The third-order valence-corrected chi connectivity index (χ3v) is 3.37. The van der Waals surface area contributed by atoms with E-state index in [0.29, 0.717) is 12.0 Å². The molecule has 2 unspecified atom stereocenters. The van der Waals surface area contributed by atoms with Crippen molar-refractivity contribution in [3.63, 3.8) is 0 Å². The lowest BCUT2D eigenvalue weighted by Crippen LogP contribution is -2.25. The summed E-state index contributed by atoms with van der Waals surface area (Å²) in [7, 11) is 0. The summed E-state index contributed by atoms with van der Waals surface area (Å²) in [5.41, 5.74) is 0.715. The fraction of sp³-hybridized carbons (Fsp3) is 0.500. The average molecular weight is 311 g/mol. The van der Waals surface area contributed by atoms with Crippen LogP contribution >= 0.6 is 15.9 Å². The van der Waals surface area contributed by atoms with E-state index in [9.17, 15) is 18.3 Å². The lowest BCUT2D eigenvalue weighted by molar-refractivity contribution is -0.156. The Morgan fingerprint density at radius 1 is 1.29 bits per heavy atom. The first-order valence-corrected chi connectivity index (χ1v) is 6.13. The van der Waals surface area contributed by atoms with E-state index in [-0.39, 0.29) is 0 Å². The van der Waals surface area contributed by atoms with Gasteiger partial charge in [-0.3, -0.25) is 0 Å². The highest BCUT2D eigenvalue weighted by atomic mass is 79.9. The summed E-state index contributed by atoms with van der Waals surface area (Å²) in [5.74, 6) is -0.507. The van der Waals surface area contributed by atoms with Crippen LogP contribution in [0.15, 0.2) is 28.7 Å². The Balaban J connectivity index is 2.89. The molecule has 96 valence electrons. The molecule has 0 amide bonds. The number of aliphatic hydroxyl groups excluding tert-OH is 1. The van der Waals surface area contributed by atoms with E-state index < -0.39 is 24.6 Å². The summed E-state index contributed by atoms with van der Waals surface area (Å²) in [6.07, 6.45) is -6.46. The minimum absolute atomic E-state index is 0.458. The maximum atomic E-state index is 12.2. The summed E-state index contributed by atoms with van der Waals surface area (Å²) < 4.78 is 37.5. The number of benzene rings is 1. The largest absolute Gasteiger partial charge is 0.392 e. The molecule has 0 bridgehead atoms. The molecule has 1 aromatic carbocycles. The van der Waals surface area contributed by atoms with Crippen molar-refractivity contribution in [2.75, 3.05) is 0 Å². The van der Waals surface area contributed by atoms with E-state index >= 15 is 0 Å². The van der Waals surface area contributed by atoms with E-state index in [1.807, 2.05) is 0 Å². The van der Waals surface area contributed by atoms with Crippen molar-refractivity contribution in [1.82, 2.24) is 0 Å². The van der Waals surface area contributed by atoms with Gasteiger partial charge in [-0.25, -0.2) is 0 Å². The van der Waals surface area contributed by atoms with Gasteiger partial charge >= 0.3 is 6.18 Å². The van der Waals surface area contributed by atoms with Crippen LogP contribution in [0.3, 0.4) is 0 Å². The van der Waals surface area contributed by atoms with Gasteiger partial charge in [0, 0.05) is 10.4 Å². The maximum Gasteiger partial charge on any atom is 0.391 e. The van der Waals surface area contributed by atoms with Crippen LogP contribution in [0.25, 0.3) is 0 Å². The maximum absolute atomic E-state index is 12.2. The quantitative estimate of drug-likeness (QED) is 0.881. The second-order valence-electron chi connectivity index (χ2n) is 3.92. The van der Waals surface area contributed by atoms with E-state index in [4.69, 9.17) is 0 Å². The highest BCUT2D eigenvalue weighted by Gasteiger charge is 2.35. The summed E-state index contributed by atoms with van der Waals surface area (Å²) >= 11 is 3.29. The second-order valence-corrected chi connectivity index (χ2v) is 4.78. The van der Waals surface area contributed by atoms with Crippen LogP contribution in [0, 0.1) is 0 Å². The van der Waals surface area contributed by atoms with Crippen LogP contribution in [0.5, 0.6) is 0 Å². The van der Waals surface area contributed by atoms with Gasteiger partial charge in [-0.15, -0.1) is 0 Å². The highest BCUT2D eigenvalue weighted by Crippen LogP contribution is 2.34. The predicted octanol–water partition coefficient (Wildman–Crippen LogP) is 4.26. The van der Waals surface area contributed by atoms with Crippen LogP contribution in [0.2, 0.25) is 0 Å². The normalized spacial score (nSPS) is 15.6. The molecule has 0 saturated carbocycles. The monoisotopic (exact) mass is 310 g/mol. The van der Waals surface area contributed by atoms with Crippen LogP contribution in [-0.2, 0) is 0 Å². The van der Waals surface area contributed by atoms with Crippen molar-refractivity contribution >= 4 is 15.9 Å². The lowest BCUT2D eigenvalue weighted by Gasteiger charge is -2.24. The smallest absolute Gasteiger partial charge is 0.391 e. The topological polar surface area (TPSA) is 20.2 Å². The average Bonchev–Trinajstić information content (AvgIpc) is 2.19. The van der Waals surface area contributed by atoms with Crippen LogP contribution in [-0.4, -0.2) is 17.4 Å². The fourth-order valence-electron chi connectivity index (χ4n) is 1.85. The molecule has 17 heavy (non-hydrogen) atoms. The van der Waals surface area contributed by atoms with Gasteiger partial charge in [0.05, 0.1) is 12.5 Å². The molecule has 0 aliphatic carbocycles. The van der Waals surface area contributed by atoms with Crippen molar-refractivity contribution in [3.8, 4) is 0 Å². The minimum Gasteiger partial charge on any atom is -0.392 e. The molecule has 5 heteroatoms. The van der Waals surface area contributed by atoms with Gasteiger partial charge in [0.1, 0.15) is 0 Å². The van der Waals surface area contributed by atoms with Gasteiger partial charge in [-0.2, -0.15) is 13.2 Å². The van der Waals surface area contributed by atoms with Crippen molar-refractivity contribution in [3.05, 3.63) is 34.3 Å². The van der Waals surface area contributed by atoms with E-state index in [1.54, 1.807) is 31.2 Å². The van der Waals surface area contributed by atoms with Crippen molar-refractivity contribution in [2.45, 2.75) is 38.0 Å². The summed E-state index contributed by atoms with van der Waals surface area (Å²) in [4.78, 5) is 0. The van der Waals surface area contributed by atoms with Crippen molar-refractivity contribution < 1.29 is 18.3 Å². The van der Waals surface area contributed by atoms with Gasteiger partial charge < -0.3 is 5.11 Å². The Hall–Kier alpha value is -0.550. The second kappa shape index (κ2) is 5.87. The number of rotatable bonds is 4. The number of hydrogen-bond acceptors (Lipinski definition) is 1. The van der Waals surface area contributed by atoms with Gasteiger partial charge in [-0.05, 0) is 18.1 Å². The minimum atomic E-state index is -4.34. The molecule has 0 heterocycles. The molecular weight excluding hydrogens is 297 g/mol. The Labute approximate surface area is 107 Å². The summed E-state index contributed by atoms with van der Waals surface area (Å²) in [6, 6.07) is 7.04. The highest BCUT2D eigenvalue weighted by molar-refractivity contribution is 9.10. The number of halogens is 4. The molecular formula is C12H14BrF3O. The summed E-state index contributed by atoms with van der Waals surface area (Å²) in [6.45, 7) is 1.77. The van der Waals surface area contributed by atoms with Crippen LogP contribution in [0.1, 0.15) is 31.2 Å². The molecule has 0 aliphatic rings. The molecule has 0 aliphatic heterocycles. The summed E-state index contributed by atoms with van der Waals surface area (Å²) in [5, 5.41) is 9.68. The zero-order valence-electron chi connectivity index (χ0n) is 9.34. The van der Waals surface area contributed by atoms with Gasteiger partial charge in [0.25, 0.3) is 0 Å². The molecule has 0 fully saturated rings. The molecule has 2 atom stereocenters. The number of alkyl halides is 3. The number of hydrogen-bond donors (Lipinski definition) is 1. The molecule has 1 aromatic rings. The zero-order valence-corrected chi connectivity index (χ0v) is 10.9. The first-order valence-electron chi connectivity index (χ1n) is 5.34. The van der Waals surface area contributed by atoms with Gasteiger partial charge in [0.15, 0.2) is 0 Å². The first kappa shape index (κ1) is 14.5. The molecule has 0 radical (unpaired) electrons. The molecule has 0 aromatic heterocycles. The predicted molar refractivity (Wildman–Crippen MR) is 63.9 cm³/mol. The van der Waals surface area contributed by atoms with Crippen LogP contribution in [0.4, 0.5) is 13.2 Å². The molecule has 1 N–H and O–H groups in total. The zero-order chi connectivity index (χ0) is 13.1. The SMILES string of the molecule is CCC(c1ccccc1Br)C(O)CC(F)(F)F. The standard InChI is InChI=1S/C12H14BrF3O/c1-2-8(11(17)7-12(14,15)16)9-5-3-4-6-10(9)13/h3-6,8,11,17H,2,7H2,1H3. The lowest BCUT2D eigenvalue weighted by atomic mass is 9.89. The van der Waals surface area contributed by atoms with Gasteiger partial charge in [0.2, 0.25) is 0 Å². The van der Waals surface area contributed by atoms with Crippen molar-refractivity contribution in [1.29, 1.82) is 0 Å². The van der Waals surface area contributed by atoms with E-state index in [1.165, 1.54) is 0 Å². The Morgan fingerprint density at radius 2 is 1.88 bits per heavy atom. The molecule has 0 spiro atoms. The third kappa shape index (κ3) is 4.32. The van der Waals surface area contributed by atoms with E-state index in [0.717, 1.165) is 4.47 Å². The van der Waals surface area contributed by atoms with E-state index in [2.05, 4.69) is 15.9 Å². The van der Waals surface area contributed by atoms with Crippen molar-refractivity contribution in [2.24, 2.45) is 0 Å². The Morgan fingerprint density at radius 3 is 2.35 bits per heavy atom. The van der Waals surface area contributed by atoms with Crippen LogP contribution < -0.4 is 0 Å². The Kier molecular flexibility index (Phi) is 5.01. The third-order valence-electron chi connectivity index (χ3n) is 2.65.